The predicted octanol–water partition coefficient (Wildman–Crippen LogP) is 2.68. The topological polar surface area (TPSA) is 126 Å². The molecule has 0 saturated carbocycles. The number of hydrogen-bond donors (Lipinski definition) is 2. The van der Waals surface area contributed by atoms with Crippen LogP contribution in [0, 0.1) is 13.8 Å². The van der Waals surface area contributed by atoms with E-state index in [4.69, 9.17) is 15.8 Å². The Hall–Kier alpha value is -2.70. The molecule has 1 amide bonds. The van der Waals surface area contributed by atoms with Crippen molar-refractivity contribution in [3.05, 3.63) is 39.3 Å². The number of aromatic nitrogens is 3. The molecule has 5 heterocycles. The van der Waals surface area contributed by atoms with Crippen molar-refractivity contribution in [2.45, 2.75) is 51.6 Å². The van der Waals surface area contributed by atoms with Crippen LogP contribution in [0.5, 0.6) is 0 Å². The first-order valence-electron chi connectivity index (χ1n) is 11.9. The molecule has 35 heavy (non-hydrogen) atoms. The van der Waals surface area contributed by atoms with Gasteiger partial charge in [-0.05, 0) is 57.2 Å². The summed E-state index contributed by atoms with van der Waals surface area (Å²) in [5, 5.41) is 4.84. The largest absolute Gasteiger partial charge is 0.353 e. The molecule has 3 N–H and O–H groups in total. The third-order valence-electron chi connectivity index (χ3n) is 6.61. The Morgan fingerprint density at radius 2 is 2.00 bits per heavy atom. The van der Waals surface area contributed by atoms with E-state index in [1.54, 1.807) is 10.6 Å². The van der Waals surface area contributed by atoms with Crippen LogP contribution < -0.4 is 15.4 Å². The van der Waals surface area contributed by atoms with Gasteiger partial charge in [-0.2, -0.15) is 0 Å². The summed E-state index contributed by atoms with van der Waals surface area (Å²) in [5.74, 6) is 0.739. The number of anilines is 2. The monoisotopic (exact) mass is 517 g/mol. The summed E-state index contributed by atoms with van der Waals surface area (Å²) in [6.45, 7) is 6.17. The maximum Gasteiger partial charge on any atom is 0.266 e. The van der Waals surface area contributed by atoms with Crippen molar-refractivity contribution in [2.24, 2.45) is 5.73 Å². The minimum atomic E-state index is -3.50. The Labute approximate surface area is 209 Å². The van der Waals surface area contributed by atoms with Gasteiger partial charge in [-0.3, -0.25) is 9.52 Å². The fraction of sp³-hybridized carbons (Fsp3) is 0.522. The van der Waals surface area contributed by atoms with Crippen molar-refractivity contribution < 1.29 is 13.2 Å². The van der Waals surface area contributed by atoms with Crippen molar-refractivity contribution in [1.82, 2.24) is 19.5 Å². The van der Waals surface area contributed by atoms with Crippen LogP contribution in [0.1, 0.15) is 57.5 Å². The number of nitrogens with two attached hydrogens (primary N) is 1. The quantitative estimate of drug-likeness (QED) is 0.533. The minimum absolute atomic E-state index is 0.162. The van der Waals surface area contributed by atoms with Crippen molar-refractivity contribution >= 4 is 44.4 Å². The zero-order chi connectivity index (χ0) is 24.9. The number of sulfonamides is 1. The standard InChI is InChI=1S/C23H31N7O3S2/c1-14-10-20-25-18(13-30(20)26-22(14)28-9-7-16(24)12-28)19-6-4-5-8-29(19)23(31)21-17(11-15(2)34-21)27-35(3,32)33/h10-11,13,16,19,27H,4-9,12,24H2,1-3H3. The number of nitrogens with zero attached hydrogens (tertiary/aromatic N) is 5. The highest BCUT2D eigenvalue weighted by molar-refractivity contribution is 7.92. The Morgan fingerprint density at radius 1 is 1.20 bits per heavy atom. The molecule has 5 rings (SSSR count). The summed E-state index contributed by atoms with van der Waals surface area (Å²) in [5.41, 5.74) is 9.03. The third kappa shape index (κ3) is 4.87. The number of imidazole rings is 1. The van der Waals surface area contributed by atoms with E-state index in [1.165, 1.54) is 11.3 Å². The van der Waals surface area contributed by atoms with Gasteiger partial charge in [0.1, 0.15) is 4.88 Å². The Kier molecular flexibility index (Phi) is 6.22. The van der Waals surface area contributed by atoms with Crippen LogP contribution in [0.3, 0.4) is 0 Å². The number of fused-ring (bicyclic) bond motifs is 1. The van der Waals surface area contributed by atoms with Gasteiger partial charge >= 0.3 is 0 Å². The van der Waals surface area contributed by atoms with Crippen molar-refractivity contribution in [3.8, 4) is 0 Å². The van der Waals surface area contributed by atoms with E-state index in [0.717, 1.165) is 72.6 Å². The lowest BCUT2D eigenvalue weighted by Gasteiger charge is -2.34. The van der Waals surface area contributed by atoms with Gasteiger partial charge < -0.3 is 15.5 Å². The molecule has 0 bridgehead atoms. The van der Waals surface area contributed by atoms with Gasteiger partial charge in [0.15, 0.2) is 11.5 Å². The second kappa shape index (κ2) is 9.07. The average Bonchev–Trinajstić information content (AvgIpc) is 3.49. The highest BCUT2D eigenvalue weighted by Gasteiger charge is 2.33. The molecule has 0 aromatic carbocycles. The number of carbonyl (C=O) groups is 1. The third-order valence-corrected chi connectivity index (χ3v) is 8.24. The number of aryl methyl sites for hydroxylation is 2. The summed E-state index contributed by atoms with van der Waals surface area (Å²) in [4.78, 5) is 23.8. The summed E-state index contributed by atoms with van der Waals surface area (Å²) < 4.78 is 28.0. The summed E-state index contributed by atoms with van der Waals surface area (Å²) in [6, 6.07) is 3.70. The molecule has 0 radical (unpaired) electrons. The maximum atomic E-state index is 13.7. The van der Waals surface area contributed by atoms with Gasteiger partial charge in [0, 0.05) is 30.6 Å². The zero-order valence-electron chi connectivity index (χ0n) is 20.2. The van der Waals surface area contributed by atoms with E-state index in [9.17, 15) is 13.2 Å². The van der Waals surface area contributed by atoms with Crippen LogP contribution in [0.15, 0.2) is 18.3 Å². The van der Waals surface area contributed by atoms with Crippen LogP contribution in [-0.2, 0) is 10.0 Å². The van der Waals surface area contributed by atoms with Gasteiger partial charge in [0.05, 0.1) is 29.9 Å². The van der Waals surface area contributed by atoms with E-state index < -0.39 is 10.0 Å². The first-order valence-corrected chi connectivity index (χ1v) is 14.6. The predicted molar refractivity (Wildman–Crippen MR) is 138 cm³/mol. The molecule has 12 heteroatoms. The molecule has 2 aliphatic heterocycles. The SMILES string of the molecule is Cc1cc(NS(C)(=O)=O)c(C(=O)N2CCCCC2c2cn3nc(N4CCC(N)C4)c(C)cc3n2)s1. The summed E-state index contributed by atoms with van der Waals surface area (Å²) in [7, 11) is -3.50. The Bertz CT molecular complexity index is 1380. The van der Waals surface area contributed by atoms with Crippen LogP contribution in [0.4, 0.5) is 11.5 Å². The van der Waals surface area contributed by atoms with Crippen LogP contribution in [0.25, 0.3) is 5.65 Å². The molecule has 2 fully saturated rings. The van der Waals surface area contributed by atoms with E-state index in [-0.39, 0.29) is 18.0 Å². The number of likely N-dealkylation sites (tertiary alicyclic amines) is 1. The molecule has 0 spiro atoms. The molecule has 10 nitrogen and oxygen atoms in total. The molecule has 3 aromatic rings. The number of piperidine rings is 1. The summed E-state index contributed by atoms with van der Waals surface area (Å²) in [6.07, 6.45) is 6.64. The van der Waals surface area contributed by atoms with Gasteiger partial charge in [-0.25, -0.2) is 17.9 Å². The lowest BCUT2D eigenvalue weighted by molar-refractivity contribution is 0.0612. The van der Waals surface area contributed by atoms with E-state index >= 15 is 0 Å². The molecule has 188 valence electrons. The average molecular weight is 518 g/mol. The number of thiophene rings is 1. The molecule has 2 aliphatic rings. The lowest BCUT2D eigenvalue weighted by atomic mass is 9.99. The van der Waals surface area contributed by atoms with E-state index in [1.807, 2.05) is 31.0 Å². The number of carbonyl (C=O) groups excluding carboxylic acids is 1. The summed E-state index contributed by atoms with van der Waals surface area (Å²) >= 11 is 1.31. The smallest absolute Gasteiger partial charge is 0.266 e. The molecular formula is C23H31N7O3S2. The second-order valence-corrected chi connectivity index (χ2v) is 12.6. The lowest BCUT2D eigenvalue weighted by Crippen LogP contribution is -2.38. The molecular weight excluding hydrogens is 486 g/mol. The molecule has 2 atom stereocenters. The molecule has 0 aliphatic carbocycles. The molecule has 2 saturated heterocycles. The number of rotatable bonds is 5. The minimum Gasteiger partial charge on any atom is -0.353 e. The maximum absolute atomic E-state index is 13.7. The van der Waals surface area contributed by atoms with Crippen molar-refractivity contribution in [2.75, 3.05) is 35.5 Å². The van der Waals surface area contributed by atoms with Crippen LogP contribution in [-0.4, -0.2) is 65.8 Å². The Balaban J connectivity index is 1.47. The molecule has 3 aromatic heterocycles. The normalized spacial score (nSPS) is 21.1. The van der Waals surface area contributed by atoms with Gasteiger partial charge in [0.25, 0.3) is 5.91 Å². The van der Waals surface area contributed by atoms with E-state index in [0.29, 0.717) is 17.1 Å². The second-order valence-electron chi connectivity index (χ2n) is 9.60. The fourth-order valence-electron chi connectivity index (χ4n) is 5.04. The van der Waals surface area contributed by atoms with E-state index in [2.05, 4.69) is 9.62 Å². The first kappa shape index (κ1) is 24.0. The highest BCUT2D eigenvalue weighted by Crippen LogP contribution is 2.36. The fourth-order valence-corrected chi connectivity index (χ4v) is 6.58. The van der Waals surface area contributed by atoms with Crippen molar-refractivity contribution in [3.63, 3.8) is 0 Å². The van der Waals surface area contributed by atoms with Gasteiger partial charge in [0.2, 0.25) is 10.0 Å². The first-order chi connectivity index (χ1) is 16.6. The zero-order valence-corrected chi connectivity index (χ0v) is 21.8. The van der Waals surface area contributed by atoms with Gasteiger partial charge in [-0.15, -0.1) is 16.4 Å². The van der Waals surface area contributed by atoms with Gasteiger partial charge in [-0.1, -0.05) is 0 Å². The highest BCUT2D eigenvalue weighted by atomic mass is 32.2. The molecule has 2 unspecified atom stereocenters. The number of hydrogen-bond acceptors (Lipinski definition) is 8. The van der Waals surface area contributed by atoms with Crippen LogP contribution >= 0.6 is 11.3 Å². The number of nitrogens with one attached hydrogen (secondary N) is 1. The van der Waals surface area contributed by atoms with Crippen LogP contribution in [0.2, 0.25) is 0 Å². The Morgan fingerprint density at radius 3 is 2.71 bits per heavy atom. The van der Waals surface area contributed by atoms with Crippen molar-refractivity contribution in [1.29, 1.82) is 0 Å². The number of amides is 1.